The second-order valence-electron chi connectivity index (χ2n) is 4.79. The van der Waals surface area contributed by atoms with Gasteiger partial charge in [-0.05, 0) is 6.92 Å². The molecule has 1 aromatic carbocycles. The number of benzene rings is 1. The molecule has 134 valence electrons. The van der Waals surface area contributed by atoms with Crippen LogP contribution >= 0.6 is 11.6 Å². The lowest BCUT2D eigenvalue weighted by molar-refractivity contribution is -0.384. The molecule has 0 aliphatic heterocycles. The molecule has 2 aromatic rings. The van der Waals surface area contributed by atoms with E-state index in [1.807, 2.05) is 0 Å². The minimum Gasteiger partial charge on any atom is -0.487 e. The first-order chi connectivity index (χ1) is 11.8. The highest BCUT2D eigenvalue weighted by molar-refractivity contribution is 6.34. The third kappa shape index (κ3) is 4.63. The lowest BCUT2D eigenvalue weighted by Gasteiger charge is -2.10. The van der Waals surface area contributed by atoms with Crippen molar-refractivity contribution >= 4 is 28.9 Å². The number of rotatable bonds is 7. The smallest absolute Gasteiger partial charge is 0.275 e. The number of anilines is 1. The van der Waals surface area contributed by atoms with Crippen molar-refractivity contribution in [1.82, 2.24) is 9.78 Å². The molecule has 0 aliphatic rings. The Morgan fingerprint density at radius 1 is 1.48 bits per heavy atom. The van der Waals surface area contributed by atoms with Gasteiger partial charge in [0.05, 0.1) is 27.9 Å². The standard InChI is InChI=1S/C14H13ClF2N4O4/c1-2-20-13(11(15)6-18-20)14(22)19-8-3-9(21(23)24)5-10(4-8)25-7-12(16)17/h3-6,12H,2,7H2,1H3,(H,19,22). The van der Waals surface area contributed by atoms with Gasteiger partial charge < -0.3 is 10.1 Å². The van der Waals surface area contributed by atoms with Crippen LogP contribution in [0.15, 0.2) is 24.4 Å². The third-order valence-corrected chi connectivity index (χ3v) is 3.32. The topological polar surface area (TPSA) is 99.3 Å². The predicted octanol–water partition coefficient (Wildman–Crippen LogP) is 3.36. The number of amides is 1. The Morgan fingerprint density at radius 2 is 2.20 bits per heavy atom. The molecule has 0 bridgehead atoms. The second-order valence-corrected chi connectivity index (χ2v) is 5.19. The molecule has 8 nitrogen and oxygen atoms in total. The van der Waals surface area contributed by atoms with Gasteiger partial charge in [0.15, 0.2) is 0 Å². The van der Waals surface area contributed by atoms with E-state index >= 15 is 0 Å². The lowest BCUT2D eigenvalue weighted by atomic mass is 10.2. The largest absolute Gasteiger partial charge is 0.487 e. The number of nitrogens with one attached hydrogen (secondary N) is 1. The Balaban J connectivity index is 2.29. The predicted molar refractivity (Wildman–Crippen MR) is 85.5 cm³/mol. The normalized spacial score (nSPS) is 10.8. The van der Waals surface area contributed by atoms with Crippen LogP contribution in [0.4, 0.5) is 20.2 Å². The van der Waals surface area contributed by atoms with E-state index in [1.54, 1.807) is 6.92 Å². The second kappa shape index (κ2) is 7.88. The number of nitro groups is 1. The first-order valence-electron chi connectivity index (χ1n) is 7.05. The summed E-state index contributed by atoms with van der Waals surface area (Å²) in [5.74, 6) is -0.815. The van der Waals surface area contributed by atoms with Gasteiger partial charge in [-0.25, -0.2) is 8.78 Å². The molecular weight excluding hydrogens is 362 g/mol. The number of nitrogens with zero attached hydrogens (tertiary/aromatic N) is 3. The fourth-order valence-corrected chi connectivity index (χ4v) is 2.25. The van der Waals surface area contributed by atoms with Crippen molar-refractivity contribution in [1.29, 1.82) is 0 Å². The van der Waals surface area contributed by atoms with Crippen LogP contribution in [0.25, 0.3) is 0 Å². The molecule has 0 aliphatic carbocycles. The summed E-state index contributed by atoms with van der Waals surface area (Å²) in [6.07, 6.45) is -1.44. The molecule has 2 rings (SSSR count). The number of carbonyl (C=O) groups excluding carboxylic acids is 1. The molecule has 1 N–H and O–H groups in total. The van der Waals surface area contributed by atoms with Crippen LogP contribution in [0.1, 0.15) is 17.4 Å². The van der Waals surface area contributed by atoms with Gasteiger partial charge in [0.1, 0.15) is 18.1 Å². The summed E-state index contributed by atoms with van der Waals surface area (Å²) in [5, 5.41) is 17.4. The first-order valence-corrected chi connectivity index (χ1v) is 7.42. The van der Waals surface area contributed by atoms with Gasteiger partial charge in [0.2, 0.25) is 0 Å². The maximum Gasteiger partial charge on any atom is 0.275 e. The van der Waals surface area contributed by atoms with Gasteiger partial charge in [-0.15, -0.1) is 0 Å². The highest BCUT2D eigenvalue weighted by atomic mass is 35.5. The molecule has 1 heterocycles. The third-order valence-electron chi connectivity index (χ3n) is 3.05. The number of non-ortho nitro benzene ring substituents is 1. The van der Waals surface area contributed by atoms with Gasteiger partial charge in [-0.2, -0.15) is 5.10 Å². The maximum atomic E-state index is 12.3. The van der Waals surface area contributed by atoms with E-state index < -0.39 is 29.6 Å². The van der Waals surface area contributed by atoms with E-state index in [0.29, 0.717) is 6.54 Å². The molecule has 0 atom stereocenters. The molecule has 0 saturated carbocycles. The zero-order valence-corrected chi connectivity index (χ0v) is 13.7. The Labute approximate surface area is 145 Å². The highest BCUT2D eigenvalue weighted by Crippen LogP contribution is 2.27. The van der Waals surface area contributed by atoms with E-state index in [9.17, 15) is 23.7 Å². The number of hydrogen-bond acceptors (Lipinski definition) is 5. The molecule has 1 amide bonds. The molecule has 11 heteroatoms. The van der Waals surface area contributed by atoms with E-state index in [2.05, 4.69) is 10.4 Å². The van der Waals surface area contributed by atoms with Crippen molar-refractivity contribution in [2.45, 2.75) is 19.9 Å². The van der Waals surface area contributed by atoms with E-state index in [1.165, 1.54) is 16.9 Å². The fourth-order valence-electron chi connectivity index (χ4n) is 2.02. The summed E-state index contributed by atoms with van der Waals surface area (Å²) in [4.78, 5) is 22.6. The van der Waals surface area contributed by atoms with Crippen molar-refractivity contribution in [3.63, 3.8) is 0 Å². The van der Waals surface area contributed by atoms with Crippen LogP contribution in [0.5, 0.6) is 5.75 Å². The zero-order valence-electron chi connectivity index (χ0n) is 12.9. The van der Waals surface area contributed by atoms with Gasteiger partial charge in [-0.1, -0.05) is 11.6 Å². The molecule has 25 heavy (non-hydrogen) atoms. The number of hydrogen-bond donors (Lipinski definition) is 1. The number of aromatic nitrogens is 2. The number of halogens is 3. The molecule has 0 fully saturated rings. The van der Waals surface area contributed by atoms with Gasteiger partial charge >= 0.3 is 0 Å². The minimum absolute atomic E-state index is 0.00314. The van der Waals surface area contributed by atoms with Crippen LogP contribution in [0.2, 0.25) is 5.02 Å². The first kappa shape index (κ1) is 18.6. The Bertz CT molecular complexity index is 797. The highest BCUT2D eigenvalue weighted by Gasteiger charge is 2.19. The maximum absolute atomic E-state index is 12.3. The number of alkyl halides is 2. The average molecular weight is 375 g/mol. The van der Waals surface area contributed by atoms with Crippen molar-refractivity contribution in [3.8, 4) is 5.75 Å². The van der Waals surface area contributed by atoms with E-state index in [-0.39, 0.29) is 22.2 Å². The molecule has 1 aromatic heterocycles. The Kier molecular flexibility index (Phi) is 5.86. The van der Waals surface area contributed by atoms with Crippen LogP contribution < -0.4 is 10.1 Å². The van der Waals surface area contributed by atoms with Gasteiger partial charge in [-0.3, -0.25) is 19.6 Å². The molecule has 0 radical (unpaired) electrons. The number of nitro benzene ring substituents is 1. The molecule has 0 unspecified atom stereocenters. The summed E-state index contributed by atoms with van der Waals surface area (Å²) in [6.45, 7) is 1.21. The van der Waals surface area contributed by atoms with Crippen LogP contribution in [-0.2, 0) is 6.54 Å². The summed E-state index contributed by atoms with van der Waals surface area (Å²) < 4.78 is 30.6. The average Bonchev–Trinajstić information content (AvgIpc) is 2.93. The van der Waals surface area contributed by atoms with E-state index in [0.717, 1.165) is 12.1 Å². The van der Waals surface area contributed by atoms with Crippen LogP contribution in [0, 0.1) is 10.1 Å². The quantitative estimate of drug-likeness (QED) is 0.591. The molecular formula is C14H13ClF2N4O4. The Morgan fingerprint density at radius 3 is 2.80 bits per heavy atom. The van der Waals surface area contributed by atoms with Crippen molar-refractivity contribution in [2.75, 3.05) is 11.9 Å². The summed E-state index contributed by atoms with van der Waals surface area (Å²) in [5.41, 5.74) is -0.341. The molecule has 0 saturated heterocycles. The zero-order chi connectivity index (χ0) is 18.6. The van der Waals surface area contributed by atoms with Crippen molar-refractivity contribution in [3.05, 3.63) is 45.2 Å². The fraction of sp³-hybridized carbons (Fsp3) is 0.286. The van der Waals surface area contributed by atoms with Gasteiger partial charge in [0, 0.05) is 18.7 Å². The van der Waals surface area contributed by atoms with Crippen molar-refractivity contribution < 1.29 is 23.2 Å². The Hall–Kier alpha value is -2.75. The van der Waals surface area contributed by atoms with E-state index in [4.69, 9.17) is 16.3 Å². The monoisotopic (exact) mass is 374 g/mol. The molecule has 0 spiro atoms. The van der Waals surface area contributed by atoms with Crippen LogP contribution in [0.3, 0.4) is 0 Å². The van der Waals surface area contributed by atoms with Gasteiger partial charge in [0.25, 0.3) is 18.0 Å². The summed E-state index contributed by atoms with van der Waals surface area (Å²) >= 11 is 5.92. The van der Waals surface area contributed by atoms with Crippen LogP contribution in [-0.4, -0.2) is 33.6 Å². The summed E-state index contributed by atoms with van der Waals surface area (Å²) in [6, 6.07) is 3.27. The summed E-state index contributed by atoms with van der Waals surface area (Å²) in [7, 11) is 0. The lowest BCUT2D eigenvalue weighted by Crippen LogP contribution is -2.18. The van der Waals surface area contributed by atoms with Crippen molar-refractivity contribution in [2.24, 2.45) is 0 Å². The SMILES string of the molecule is CCn1ncc(Cl)c1C(=O)Nc1cc(OCC(F)F)cc([N+](=O)[O-])c1. The number of carbonyl (C=O) groups is 1. The minimum atomic E-state index is -2.74. The number of aryl methyl sites for hydroxylation is 1. The number of ether oxygens (including phenoxy) is 1.